The van der Waals surface area contributed by atoms with Crippen molar-refractivity contribution in [1.29, 1.82) is 15.8 Å². The van der Waals surface area contributed by atoms with Crippen molar-refractivity contribution in [2.45, 2.75) is 108 Å². The van der Waals surface area contributed by atoms with Gasteiger partial charge in [0.15, 0.2) is 10.1 Å². The molecule has 23 nitrogen and oxygen atoms in total. The fourth-order valence-electron chi connectivity index (χ4n) is 10.2. The minimum absolute atomic E-state index is 0.133. The van der Waals surface area contributed by atoms with Crippen molar-refractivity contribution >= 4 is 49.2 Å². The number of urea groups is 1. The summed E-state index contributed by atoms with van der Waals surface area (Å²) in [5, 5.41) is 33.8. The number of pyridine rings is 3. The van der Waals surface area contributed by atoms with Gasteiger partial charge in [-0.3, -0.25) is 9.59 Å². The van der Waals surface area contributed by atoms with Gasteiger partial charge in [-0.1, -0.05) is 36.4 Å². The van der Waals surface area contributed by atoms with Crippen molar-refractivity contribution in [2.24, 2.45) is 10.1 Å². The van der Waals surface area contributed by atoms with Gasteiger partial charge in [0.2, 0.25) is 6.08 Å². The quantitative estimate of drug-likeness (QED) is 0.0572. The predicted molar refractivity (Wildman–Crippen MR) is 320 cm³/mol. The average Bonchev–Trinajstić information content (AvgIpc) is 2.38. The van der Waals surface area contributed by atoms with E-state index < -0.39 is 36.7 Å². The second-order valence-electron chi connectivity index (χ2n) is 20.5. The van der Waals surface area contributed by atoms with Gasteiger partial charge in [-0.15, -0.1) is 0 Å². The van der Waals surface area contributed by atoms with E-state index in [9.17, 15) is 41.3 Å². The zero-order chi connectivity index (χ0) is 61.9. The Labute approximate surface area is 495 Å². The number of hydrogen-bond acceptors (Lipinski definition) is 18. The predicted octanol–water partition coefficient (Wildman–Crippen LogP) is 8.00. The molecule has 25 heteroatoms. The molecule has 0 atom stereocenters. The third-order valence-electron chi connectivity index (χ3n) is 14.3. The first kappa shape index (κ1) is 61.7. The number of nitriles is 3. The van der Waals surface area contributed by atoms with Crippen LogP contribution >= 0.6 is 0 Å². The summed E-state index contributed by atoms with van der Waals surface area (Å²) in [4.78, 5) is 69.6. The van der Waals surface area contributed by atoms with Gasteiger partial charge in [0.05, 0.1) is 23.8 Å². The van der Waals surface area contributed by atoms with Crippen molar-refractivity contribution in [3.8, 4) is 51.6 Å². The smallest absolute Gasteiger partial charge is 0.333 e. The Morgan fingerprint density at radius 3 is 1.52 bits per heavy atom. The van der Waals surface area contributed by atoms with Gasteiger partial charge in [-0.25, -0.2) is 52.8 Å². The molecule has 11 rings (SSSR count). The zero-order valence-electron chi connectivity index (χ0n) is 47.1. The SMILES string of the molecule is CC(C)n1cc(S(=O)(=O)NC(=O)Nc2c(-c3ccnc(C#N)c3)ccc3c2CCC3)ncc1=O.CC(C)n1cc(S(N)(=O)=O)ncc1=O.N#Cc1cc(-c2ccc3c(c2N)CCC3)ccn1.N#Cc1cc(-c2ccc3c(c2N=C=O)CCC3)ccn1. The van der Waals surface area contributed by atoms with E-state index in [4.69, 9.17) is 21.4 Å². The Hall–Kier alpha value is -10.4. The number of carbonyl (C=O) groups is 1. The van der Waals surface area contributed by atoms with Gasteiger partial charge in [-0.2, -0.15) is 29.2 Å². The van der Waals surface area contributed by atoms with E-state index in [-0.39, 0.29) is 28.4 Å². The van der Waals surface area contributed by atoms with Crippen LogP contribution in [-0.4, -0.2) is 63.0 Å². The molecule has 0 aliphatic heterocycles. The molecule has 0 saturated carbocycles. The molecule has 0 saturated heterocycles. The molecule has 2 amide bonds. The fraction of sp³-hybridized carbons (Fsp3) is 0.246. The number of nitrogen functional groups attached to an aromatic ring is 1. The van der Waals surface area contributed by atoms with E-state index in [0.29, 0.717) is 33.9 Å². The van der Waals surface area contributed by atoms with Crippen molar-refractivity contribution in [3.63, 3.8) is 0 Å². The van der Waals surface area contributed by atoms with Gasteiger partial charge in [0, 0.05) is 65.4 Å². The third kappa shape index (κ3) is 14.3. The molecule has 3 aliphatic carbocycles. The third-order valence-corrected chi connectivity index (χ3v) is 16.3. The number of primary sulfonamides is 1. The number of isocyanates is 1. The second-order valence-corrected chi connectivity index (χ2v) is 23.6. The van der Waals surface area contributed by atoms with Crippen molar-refractivity contribution in [2.75, 3.05) is 11.1 Å². The number of benzene rings is 3. The molecule has 5 heterocycles. The minimum atomic E-state index is -4.34. The van der Waals surface area contributed by atoms with Crippen LogP contribution in [0.2, 0.25) is 0 Å². The number of anilines is 2. The van der Waals surface area contributed by atoms with Crippen molar-refractivity contribution < 1.29 is 26.4 Å². The number of nitrogens with zero attached hydrogens (tertiary/aromatic N) is 11. The number of carbonyl (C=O) groups excluding carboxylic acids is 2. The molecule has 8 aromatic rings. The summed E-state index contributed by atoms with van der Waals surface area (Å²) in [6.07, 6.45) is 19.4. The van der Waals surface area contributed by atoms with Crippen LogP contribution in [0.4, 0.5) is 21.9 Å². The molecular formula is C61H57N15O8S2. The Morgan fingerprint density at radius 2 is 1.02 bits per heavy atom. The maximum absolute atomic E-state index is 12.8. The highest BCUT2D eigenvalue weighted by Gasteiger charge is 2.26. The number of nitrogens with two attached hydrogens (primary N) is 2. The van der Waals surface area contributed by atoms with E-state index in [1.54, 1.807) is 70.4 Å². The first-order valence-corrected chi connectivity index (χ1v) is 30.1. The summed E-state index contributed by atoms with van der Waals surface area (Å²) in [6, 6.07) is 27.3. The Balaban J connectivity index is 0.000000158. The second kappa shape index (κ2) is 26.9. The van der Waals surface area contributed by atoms with Crippen LogP contribution in [0.25, 0.3) is 33.4 Å². The van der Waals surface area contributed by atoms with Crippen LogP contribution in [0.15, 0.2) is 141 Å². The molecule has 0 unspecified atom stereocenters. The lowest BCUT2D eigenvalue weighted by molar-refractivity contribution is 0.256. The lowest BCUT2D eigenvalue weighted by Gasteiger charge is -2.17. The molecule has 3 aliphatic rings. The van der Waals surface area contributed by atoms with E-state index in [2.05, 4.69) is 59.5 Å². The number of amides is 2. The molecule has 3 aromatic carbocycles. The first-order valence-electron chi connectivity index (χ1n) is 27.0. The summed E-state index contributed by atoms with van der Waals surface area (Å²) in [5.41, 5.74) is 20.5. The molecule has 5 aromatic heterocycles. The molecule has 0 bridgehead atoms. The monoisotopic (exact) mass is 1190 g/mol. The van der Waals surface area contributed by atoms with Crippen LogP contribution in [0.3, 0.4) is 0 Å². The first-order chi connectivity index (χ1) is 41.1. The highest BCUT2D eigenvalue weighted by molar-refractivity contribution is 7.90. The Morgan fingerprint density at radius 1 is 0.593 bits per heavy atom. The molecule has 0 fully saturated rings. The highest BCUT2D eigenvalue weighted by atomic mass is 32.2. The molecule has 0 spiro atoms. The molecular weight excluding hydrogens is 1130 g/mol. The van der Waals surface area contributed by atoms with Crippen molar-refractivity contribution in [1.82, 2.24) is 38.8 Å². The molecule has 6 N–H and O–H groups in total. The van der Waals surface area contributed by atoms with Gasteiger partial charge in [0.1, 0.15) is 35.3 Å². The number of hydrogen-bond donors (Lipinski definition) is 4. The number of fused-ring (bicyclic) bond motifs is 3. The van der Waals surface area contributed by atoms with Crippen LogP contribution < -0.4 is 32.0 Å². The number of aliphatic imine (C=N–C) groups is 1. The maximum Gasteiger partial charge on any atom is 0.333 e. The topological polar surface area (TPSA) is 371 Å². The lowest BCUT2D eigenvalue weighted by atomic mass is 9.97. The average molecular weight is 1190 g/mol. The van der Waals surface area contributed by atoms with Crippen LogP contribution in [-0.2, 0) is 63.4 Å². The Kier molecular flexibility index (Phi) is 19.3. The van der Waals surface area contributed by atoms with E-state index >= 15 is 0 Å². The van der Waals surface area contributed by atoms with Gasteiger partial charge in [0.25, 0.3) is 31.2 Å². The minimum Gasteiger partial charge on any atom is -0.398 e. The zero-order valence-corrected chi connectivity index (χ0v) is 48.8. The highest BCUT2D eigenvalue weighted by Crippen LogP contribution is 2.40. The number of aromatic nitrogens is 7. The summed E-state index contributed by atoms with van der Waals surface area (Å²) in [7, 11) is -8.19. The standard InChI is InChI=1S/C23H22N6O4S.C16H11N3O.C15H13N3.C7H11N3O3S/c1-14(2)29-13-20(26-12-21(29)30)34(32,33)28-23(31)27-22-18-5-3-4-15(18)6-7-19(22)16-8-9-25-17(10-16)11-24;17-9-13-8-12(6-7-18-13)15-5-4-11-2-1-3-14(11)16(15)19-10-20;16-9-12-8-11(6-7-18-12)14-5-4-10-2-1-3-13(10)15(14)17;1-5(2)10-4-6(14(8,12)13)9-3-7(10)11/h6-10,12-14H,3-5H2,1-2H3,(H2,27,28,31);4-8H,1-3H2;4-8H,1-3,17H2;3-5H,1-2H3,(H2,8,12,13). The lowest BCUT2D eigenvalue weighted by Crippen LogP contribution is -2.36. The maximum atomic E-state index is 12.8. The number of aryl methyl sites for hydroxylation is 3. The summed E-state index contributed by atoms with van der Waals surface area (Å²) in [6.45, 7) is 6.97. The number of sulfonamides is 2. The Bertz CT molecular complexity index is 4500. The summed E-state index contributed by atoms with van der Waals surface area (Å²) in [5.74, 6) is 0. The summed E-state index contributed by atoms with van der Waals surface area (Å²) >= 11 is 0. The van der Waals surface area contributed by atoms with E-state index in [1.807, 2.05) is 47.2 Å². The number of rotatable bonds is 10. The van der Waals surface area contributed by atoms with Gasteiger partial charge < -0.3 is 20.2 Å². The van der Waals surface area contributed by atoms with Crippen LogP contribution in [0.5, 0.6) is 0 Å². The molecule has 0 radical (unpaired) electrons. The number of nitrogens with one attached hydrogen (secondary N) is 2. The summed E-state index contributed by atoms with van der Waals surface area (Å²) < 4.78 is 51.9. The van der Waals surface area contributed by atoms with E-state index in [0.717, 1.165) is 121 Å². The van der Waals surface area contributed by atoms with Gasteiger partial charge >= 0.3 is 6.03 Å². The van der Waals surface area contributed by atoms with Gasteiger partial charge in [-0.05, 0) is 172 Å². The van der Waals surface area contributed by atoms with E-state index in [1.165, 1.54) is 38.4 Å². The molecule has 436 valence electrons. The van der Waals surface area contributed by atoms with Crippen LogP contribution in [0.1, 0.15) is 110 Å². The molecule has 86 heavy (non-hydrogen) atoms. The fourth-order valence-corrected chi connectivity index (χ4v) is 11.5. The van der Waals surface area contributed by atoms with Crippen molar-refractivity contribution in [3.05, 3.63) is 187 Å². The van der Waals surface area contributed by atoms with Crippen LogP contribution in [0, 0.1) is 34.0 Å². The normalized spacial score (nSPS) is 12.6. The largest absolute Gasteiger partial charge is 0.398 e.